The monoisotopic (exact) mass is 282 g/mol. The molecule has 0 spiro atoms. The average molecular weight is 282 g/mol. The predicted octanol–water partition coefficient (Wildman–Crippen LogP) is 2.18. The van der Waals surface area contributed by atoms with Gasteiger partial charge in [-0.3, -0.25) is 4.79 Å². The third kappa shape index (κ3) is 4.45. The normalized spacial score (nSPS) is 27.6. The van der Waals surface area contributed by atoms with Gasteiger partial charge in [-0.15, -0.1) is 0 Å². The molecule has 4 heteroatoms. The van der Waals surface area contributed by atoms with E-state index in [4.69, 9.17) is 4.74 Å². The Labute approximate surface area is 123 Å². The van der Waals surface area contributed by atoms with Gasteiger partial charge in [-0.1, -0.05) is 20.3 Å². The Kier molecular flexibility index (Phi) is 5.44. The fourth-order valence-electron chi connectivity index (χ4n) is 3.68. The summed E-state index contributed by atoms with van der Waals surface area (Å²) in [5.41, 5.74) is 0.491. The highest BCUT2D eigenvalue weighted by molar-refractivity contribution is 5.77. The first kappa shape index (κ1) is 15.8. The van der Waals surface area contributed by atoms with Crippen LogP contribution in [-0.2, 0) is 9.53 Å². The van der Waals surface area contributed by atoms with E-state index in [0.717, 1.165) is 25.9 Å². The Balaban J connectivity index is 1.73. The van der Waals surface area contributed by atoms with Gasteiger partial charge in [0.2, 0.25) is 5.91 Å². The van der Waals surface area contributed by atoms with Crippen LogP contribution in [0, 0.1) is 5.41 Å². The molecule has 1 amide bonds. The summed E-state index contributed by atoms with van der Waals surface area (Å²) in [6.07, 6.45) is 7.45. The van der Waals surface area contributed by atoms with E-state index in [-0.39, 0.29) is 12.5 Å². The number of carbonyl (C=O) groups is 1. The van der Waals surface area contributed by atoms with Crippen LogP contribution in [0.2, 0.25) is 0 Å². The van der Waals surface area contributed by atoms with Crippen LogP contribution in [0.5, 0.6) is 0 Å². The maximum Gasteiger partial charge on any atom is 0.248 e. The lowest BCUT2D eigenvalue weighted by atomic mass is 9.75. The second-order valence-corrected chi connectivity index (χ2v) is 7.21. The lowest BCUT2D eigenvalue weighted by Gasteiger charge is -2.39. The van der Waals surface area contributed by atoms with E-state index < -0.39 is 0 Å². The Morgan fingerprint density at radius 3 is 2.55 bits per heavy atom. The molecule has 1 N–H and O–H groups in total. The van der Waals surface area contributed by atoms with Crippen molar-refractivity contribution < 1.29 is 9.53 Å². The molecular formula is C16H30N2O2. The molecule has 0 aromatic rings. The number of likely N-dealkylation sites (tertiary alicyclic amines) is 1. The SMILES string of the molecule is COCC(=O)N1CCC(NC2CCCC(C)(C)C2)CC1. The molecule has 0 aromatic carbocycles. The zero-order chi connectivity index (χ0) is 14.6. The van der Waals surface area contributed by atoms with Crippen molar-refractivity contribution in [3.63, 3.8) is 0 Å². The molecule has 1 atom stereocenters. The smallest absolute Gasteiger partial charge is 0.248 e. The average Bonchev–Trinajstić information content (AvgIpc) is 2.38. The molecule has 20 heavy (non-hydrogen) atoms. The Hall–Kier alpha value is -0.610. The number of carbonyl (C=O) groups excluding carboxylic acids is 1. The second kappa shape index (κ2) is 6.90. The van der Waals surface area contributed by atoms with Gasteiger partial charge in [-0.05, 0) is 37.5 Å². The predicted molar refractivity (Wildman–Crippen MR) is 80.7 cm³/mol. The topological polar surface area (TPSA) is 41.6 Å². The summed E-state index contributed by atoms with van der Waals surface area (Å²) in [6.45, 7) is 6.72. The van der Waals surface area contributed by atoms with Crippen molar-refractivity contribution in [2.45, 2.75) is 64.5 Å². The molecule has 1 unspecified atom stereocenters. The molecule has 0 aromatic heterocycles. The molecule has 2 fully saturated rings. The van der Waals surface area contributed by atoms with Crippen molar-refractivity contribution in [3.05, 3.63) is 0 Å². The number of ether oxygens (including phenoxy) is 1. The summed E-state index contributed by atoms with van der Waals surface area (Å²) in [5, 5.41) is 3.84. The van der Waals surface area contributed by atoms with Crippen molar-refractivity contribution in [1.82, 2.24) is 10.2 Å². The zero-order valence-electron chi connectivity index (χ0n) is 13.3. The number of nitrogens with one attached hydrogen (secondary N) is 1. The van der Waals surface area contributed by atoms with E-state index in [1.54, 1.807) is 7.11 Å². The highest BCUT2D eigenvalue weighted by Gasteiger charge is 2.30. The Morgan fingerprint density at radius 2 is 1.95 bits per heavy atom. The number of nitrogens with zero attached hydrogens (tertiary/aromatic N) is 1. The fraction of sp³-hybridized carbons (Fsp3) is 0.938. The summed E-state index contributed by atoms with van der Waals surface area (Å²) in [5.74, 6) is 0.129. The molecule has 1 aliphatic carbocycles. The highest BCUT2D eigenvalue weighted by atomic mass is 16.5. The van der Waals surface area contributed by atoms with Crippen molar-refractivity contribution in [1.29, 1.82) is 0 Å². The van der Waals surface area contributed by atoms with Crippen molar-refractivity contribution >= 4 is 5.91 Å². The number of rotatable bonds is 4. The lowest BCUT2D eigenvalue weighted by molar-refractivity contribution is -0.136. The molecule has 2 rings (SSSR count). The second-order valence-electron chi connectivity index (χ2n) is 7.21. The molecule has 1 saturated heterocycles. The van der Waals surface area contributed by atoms with Crippen molar-refractivity contribution in [2.75, 3.05) is 26.8 Å². The molecule has 2 aliphatic rings. The number of hydrogen-bond donors (Lipinski definition) is 1. The van der Waals surface area contributed by atoms with Crippen LogP contribution >= 0.6 is 0 Å². The van der Waals surface area contributed by atoms with Gasteiger partial charge < -0.3 is 15.0 Å². The van der Waals surface area contributed by atoms with Gasteiger partial charge in [-0.25, -0.2) is 0 Å². The summed E-state index contributed by atoms with van der Waals surface area (Å²) in [7, 11) is 1.58. The first-order valence-corrected chi connectivity index (χ1v) is 8.03. The van der Waals surface area contributed by atoms with E-state index in [1.165, 1.54) is 25.7 Å². The maximum absolute atomic E-state index is 11.8. The fourth-order valence-corrected chi connectivity index (χ4v) is 3.68. The lowest BCUT2D eigenvalue weighted by Crippen LogP contribution is -2.49. The third-order valence-corrected chi connectivity index (χ3v) is 4.79. The van der Waals surface area contributed by atoms with Gasteiger partial charge in [0.25, 0.3) is 0 Å². The van der Waals surface area contributed by atoms with Gasteiger partial charge >= 0.3 is 0 Å². The van der Waals surface area contributed by atoms with E-state index >= 15 is 0 Å². The minimum absolute atomic E-state index is 0.129. The van der Waals surface area contributed by atoms with Gasteiger partial charge in [0, 0.05) is 32.3 Å². The Morgan fingerprint density at radius 1 is 1.25 bits per heavy atom. The quantitative estimate of drug-likeness (QED) is 0.859. The third-order valence-electron chi connectivity index (χ3n) is 4.79. The molecular weight excluding hydrogens is 252 g/mol. The zero-order valence-corrected chi connectivity index (χ0v) is 13.3. The molecule has 1 saturated carbocycles. The molecule has 1 aliphatic heterocycles. The number of methoxy groups -OCH3 is 1. The molecule has 0 bridgehead atoms. The number of piperidine rings is 1. The standard InChI is InChI=1S/C16H30N2O2/c1-16(2)8-4-5-14(11-16)17-13-6-9-18(10-7-13)15(19)12-20-3/h13-14,17H,4-12H2,1-3H3. The van der Waals surface area contributed by atoms with Crippen molar-refractivity contribution in [2.24, 2.45) is 5.41 Å². The van der Waals surface area contributed by atoms with Gasteiger partial charge in [0.15, 0.2) is 0 Å². The van der Waals surface area contributed by atoms with E-state index in [1.807, 2.05) is 4.90 Å². The molecule has 1 heterocycles. The Bertz CT molecular complexity index is 322. The van der Waals surface area contributed by atoms with Crippen LogP contribution in [0.3, 0.4) is 0 Å². The minimum atomic E-state index is 0.129. The van der Waals surface area contributed by atoms with Crippen LogP contribution in [-0.4, -0.2) is 49.7 Å². The van der Waals surface area contributed by atoms with Gasteiger partial charge in [0.05, 0.1) is 0 Å². The molecule has 4 nitrogen and oxygen atoms in total. The first-order chi connectivity index (χ1) is 9.50. The van der Waals surface area contributed by atoms with Crippen LogP contribution < -0.4 is 5.32 Å². The maximum atomic E-state index is 11.8. The van der Waals surface area contributed by atoms with Gasteiger partial charge in [0.1, 0.15) is 6.61 Å². The minimum Gasteiger partial charge on any atom is -0.375 e. The highest BCUT2D eigenvalue weighted by Crippen LogP contribution is 2.35. The summed E-state index contributed by atoms with van der Waals surface area (Å²) < 4.78 is 4.92. The summed E-state index contributed by atoms with van der Waals surface area (Å²) in [4.78, 5) is 13.7. The summed E-state index contributed by atoms with van der Waals surface area (Å²) >= 11 is 0. The molecule has 116 valence electrons. The van der Waals surface area contributed by atoms with E-state index in [9.17, 15) is 4.79 Å². The molecule has 0 radical (unpaired) electrons. The van der Waals surface area contributed by atoms with Gasteiger partial charge in [-0.2, -0.15) is 0 Å². The van der Waals surface area contributed by atoms with Crippen LogP contribution in [0.15, 0.2) is 0 Å². The van der Waals surface area contributed by atoms with Crippen LogP contribution in [0.25, 0.3) is 0 Å². The first-order valence-electron chi connectivity index (χ1n) is 8.03. The van der Waals surface area contributed by atoms with Crippen LogP contribution in [0.1, 0.15) is 52.4 Å². The number of hydrogen-bond acceptors (Lipinski definition) is 3. The van der Waals surface area contributed by atoms with E-state index in [0.29, 0.717) is 17.5 Å². The van der Waals surface area contributed by atoms with Crippen LogP contribution in [0.4, 0.5) is 0 Å². The summed E-state index contributed by atoms with van der Waals surface area (Å²) in [6, 6.07) is 1.26. The van der Waals surface area contributed by atoms with E-state index in [2.05, 4.69) is 19.2 Å². The van der Waals surface area contributed by atoms with Crippen molar-refractivity contribution in [3.8, 4) is 0 Å². The largest absolute Gasteiger partial charge is 0.375 e. The number of amides is 1.